The van der Waals surface area contributed by atoms with Crippen molar-refractivity contribution in [3.05, 3.63) is 16.4 Å². The quantitative estimate of drug-likeness (QED) is 0.842. The number of aromatic amines is 1. The number of nitrogen functional groups attached to an aromatic ring is 1. The summed E-state index contributed by atoms with van der Waals surface area (Å²) < 4.78 is 5.43. The molecule has 0 spiro atoms. The number of hydrogen-bond acceptors (Lipinski definition) is 7. The summed E-state index contributed by atoms with van der Waals surface area (Å²) in [6, 6.07) is 1.83. The lowest BCUT2D eigenvalue weighted by molar-refractivity contribution is 0.122. The van der Waals surface area contributed by atoms with Crippen LogP contribution in [0, 0.1) is 0 Å². The number of nitrogens with two attached hydrogens (primary N) is 1. The van der Waals surface area contributed by atoms with Crippen LogP contribution in [-0.4, -0.2) is 54.3 Å². The van der Waals surface area contributed by atoms with Crippen LogP contribution in [-0.2, 0) is 4.74 Å². The zero-order valence-corrected chi connectivity index (χ0v) is 14.3. The van der Waals surface area contributed by atoms with Crippen LogP contribution in [0.1, 0.15) is 25.7 Å². The molecular formula is C17H24N6O2. The molecule has 0 bridgehead atoms. The standard InChI is InChI=1S/C17H24N6O2/c18-17-20-14-12(16(24)21-17)11-13(22-7-9-25-10-8-22)19-15(14)23-5-3-1-2-4-6-23/h11H,1-10H2,(H3,18,20,21,24). The van der Waals surface area contributed by atoms with E-state index in [-0.39, 0.29) is 11.5 Å². The van der Waals surface area contributed by atoms with E-state index in [0.29, 0.717) is 24.1 Å². The van der Waals surface area contributed by atoms with E-state index in [9.17, 15) is 4.79 Å². The molecule has 4 rings (SSSR count). The first-order chi connectivity index (χ1) is 12.2. The van der Waals surface area contributed by atoms with Crippen LogP contribution in [0.25, 0.3) is 10.9 Å². The van der Waals surface area contributed by atoms with Gasteiger partial charge in [-0.05, 0) is 18.9 Å². The van der Waals surface area contributed by atoms with Gasteiger partial charge in [0.1, 0.15) is 11.3 Å². The monoisotopic (exact) mass is 344 g/mol. The first-order valence-electron chi connectivity index (χ1n) is 9.00. The van der Waals surface area contributed by atoms with Crippen molar-refractivity contribution in [1.29, 1.82) is 0 Å². The molecule has 4 heterocycles. The van der Waals surface area contributed by atoms with Gasteiger partial charge in [0.05, 0.1) is 18.6 Å². The van der Waals surface area contributed by atoms with Crippen LogP contribution < -0.4 is 21.1 Å². The van der Waals surface area contributed by atoms with E-state index in [0.717, 1.165) is 50.7 Å². The number of rotatable bonds is 2. The highest BCUT2D eigenvalue weighted by Crippen LogP contribution is 2.28. The van der Waals surface area contributed by atoms with E-state index in [1.165, 1.54) is 12.8 Å². The Morgan fingerprint density at radius 2 is 1.72 bits per heavy atom. The Labute approximate surface area is 146 Å². The van der Waals surface area contributed by atoms with Gasteiger partial charge in [0.25, 0.3) is 5.56 Å². The first kappa shape index (κ1) is 16.1. The SMILES string of the molecule is Nc1nc2c(N3CCCCCC3)nc(N3CCOCC3)cc2c(=O)[nH]1. The van der Waals surface area contributed by atoms with Crippen molar-refractivity contribution < 1.29 is 4.74 Å². The van der Waals surface area contributed by atoms with Gasteiger partial charge >= 0.3 is 0 Å². The van der Waals surface area contributed by atoms with Gasteiger partial charge in [0.2, 0.25) is 5.95 Å². The predicted octanol–water partition coefficient (Wildman–Crippen LogP) is 1.12. The summed E-state index contributed by atoms with van der Waals surface area (Å²) in [5.74, 6) is 1.72. The van der Waals surface area contributed by atoms with Gasteiger partial charge in [-0.1, -0.05) is 12.8 Å². The number of ether oxygens (including phenoxy) is 1. The van der Waals surface area contributed by atoms with Crippen LogP contribution >= 0.6 is 0 Å². The van der Waals surface area contributed by atoms with Gasteiger partial charge < -0.3 is 20.3 Å². The van der Waals surface area contributed by atoms with Crippen LogP contribution in [0.3, 0.4) is 0 Å². The molecular weight excluding hydrogens is 320 g/mol. The zero-order valence-electron chi connectivity index (χ0n) is 14.3. The lowest BCUT2D eigenvalue weighted by Gasteiger charge is -2.30. The number of fused-ring (bicyclic) bond motifs is 1. The van der Waals surface area contributed by atoms with E-state index >= 15 is 0 Å². The summed E-state index contributed by atoms with van der Waals surface area (Å²) in [4.78, 5) is 28.8. The summed E-state index contributed by atoms with van der Waals surface area (Å²) in [7, 11) is 0. The fourth-order valence-corrected chi connectivity index (χ4v) is 3.58. The van der Waals surface area contributed by atoms with E-state index < -0.39 is 0 Å². The molecule has 2 fully saturated rings. The van der Waals surface area contributed by atoms with Crippen molar-refractivity contribution in [3.8, 4) is 0 Å². The second-order valence-corrected chi connectivity index (χ2v) is 6.65. The molecule has 2 aliphatic rings. The second kappa shape index (κ2) is 6.87. The summed E-state index contributed by atoms with van der Waals surface area (Å²) in [6.07, 6.45) is 4.72. The molecule has 0 radical (unpaired) electrons. The predicted molar refractivity (Wildman–Crippen MR) is 98.3 cm³/mol. The normalized spacial score (nSPS) is 19.2. The molecule has 0 aliphatic carbocycles. The molecule has 0 unspecified atom stereocenters. The molecule has 8 nitrogen and oxygen atoms in total. The fourth-order valence-electron chi connectivity index (χ4n) is 3.58. The topological polar surface area (TPSA) is 100 Å². The fraction of sp³-hybridized carbons (Fsp3) is 0.588. The highest BCUT2D eigenvalue weighted by atomic mass is 16.5. The number of H-pyrrole nitrogens is 1. The number of nitrogens with zero attached hydrogens (tertiary/aromatic N) is 4. The molecule has 25 heavy (non-hydrogen) atoms. The van der Waals surface area contributed by atoms with Gasteiger partial charge in [-0.3, -0.25) is 9.78 Å². The molecule has 2 aromatic rings. The Balaban J connectivity index is 1.86. The molecule has 0 saturated carbocycles. The smallest absolute Gasteiger partial charge is 0.260 e. The van der Waals surface area contributed by atoms with Gasteiger partial charge in [-0.15, -0.1) is 0 Å². The Morgan fingerprint density at radius 3 is 2.44 bits per heavy atom. The summed E-state index contributed by atoms with van der Waals surface area (Å²) >= 11 is 0. The highest BCUT2D eigenvalue weighted by Gasteiger charge is 2.21. The molecule has 8 heteroatoms. The van der Waals surface area contributed by atoms with E-state index in [2.05, 4.69) is 19.8 Å². The Morgan fingerprint density at radius 1 is 1.00 bits per heavy atom. The van der Waals surface area contributed by atoms with Crippen molar-refractivity contribution in [2.45, 2.75) is 25.7 Å². The number of morpholine rings is 1. The third-order valence-corrected chi connectivity index (χ3v) is 4.92. The number of hydrogen-bond donors (Lipinski definition) is 2. The Kier molecular flexibility index (Phi) is 4.44. The lowest BCUT2D eigenvalue weighted by atomic mass is 10.2. The largest absolute Gasteiger partial charge is 0.378 e. The molecule has 3 N–H and O–H groups in total. The molecule has 2 aliphatic heterocycles. The maximum atomic E-state index is 12.5. The average molecular weight is 344 g/mol. The van der Waals surface area contributed by atoms with Crippen molar-refractivity contribution in [3.63, 3.8) is 0 Å². The van der Waals surface area contributed by atoms with Gasteiger partial charge in [0.15, 0.2) is 5.82 Å². The Bertz CT molecular complexity index is 807. The molecule has 0 atom stereocenters. The minimum absolute atomic E-state index is 0.134. The van der Waals surface area contributed by atoms with Crippen LogP contribution in [0.4, 0.5) is 17.6 Å². The maximum Gasteiger partial charge on any atom is 0.260 e. The minimum atomic E-state index is -0.213. The summed E-state index contributed by atoms with van der Waals surface area (Å²) in [5.41, 5.74) is 6.18. The average Bonchev–Trinajstić information content (AvgIpc) is 2.91. The number of aromatic nitrogens is 3. The van der Waals surface area contributed by atoms with E-state index in [1.54, 1.807) is 0 Å². The lowest BCUT2D eigenvalue weighted by Crippen LogP contribution is -2.37. The molecule has 0 amide bonds. The molecule has 0 aromatic carbocycles. The van der Waals surface area contributed by atoms with E-state index in [4.69, 9.17) is 15.5 Å². The van der Waals surface area contributed by atoms with Crippen molar-refractivity contribution in [1.82, 2.24) is 15.0 Å². The number of nitrogens with one attached hydrogen (secondary N) is 1. The molecule has 134 valence electrons. The van der Waals surface area contributed by atoms with Crippen LogP contribution in [0.2, 0.25) is 0 Å². The van der Waals surface area contributed by atoms with E-state index in [1.807, 2.05) is 6.07 Å². The maximum absolute atomic E-state index is 12.5. The second-order valence-electron chi connectivity index (χ2n) is 6.65. The number of anilines is 3. The molecule has 2 aromatic heterocycles. The van der Waals surface area contributed by atoms with Crippen molar-refractivity contribution in [2.24, 2.45) is 0 Å². The third-order valence-electron chi connectivity index (χ3n) is 4.92. The summed E-state index contributed by atoms with van der Waals surface area (Å²) in [5, 5.41) is 0.546. The van der Waals surface area contributed by atoms with Gasteiger partial charge in [0, 0.05) is 26.2 Å². The van der Waals surface area contributed by atoms with Crippen molar-refractivity contribution in [2.75, 3.05) is 54.9 Å². The van der Waals surface area contributed by atoms with Gasteiger partial charge in [-0.2, -0.15) is 0 Å². The third kappa shape index (κ3) is 3.26. The highest BCUT2D eigenvalue weighted by molar-refractivity contribution is 5.91. The zero-order chi connectivity index (χ0) is 17.2. The minimum Gasteiger partial charge on any atom is -0.378 e. The number of pyridine rings is 1. The van der Waals surface area contributed by atoms with Crippen LogP contribution in [0.5, 0.6) is 0 Å². The van der Waals surface area contributed by atoms with Crippen molar-refractivity contribution >= 4 is 28.5 Å². The van der Waals surface area contributed by atoms with Gasteiger partial charge in [-0.25, -0.2) is 9.97 Å². The Hall–Kier alpha value is -2.35. The van der Waals surface area contributed by atoms with Crippen LogP contribution in [0.15, 0.2) is 10.9 Å². The molecule has 2 saturated heterocycles. The first-order valence-corrected chi connectivity index (χ1v) is 9.00. The summed E-state index contributed by atoms with van der Waals surface area (Å²) in [6.45, 7) is 4.77.